The van der Waals surface area contributed by atoms with E-state index in [2.05, 4.69) is 24.1 Å². The summed E-state index contributed by atoms with van der Waals surface area (Å²) in [6.45, 7) is 8.85. The molecule has 0 spiro atoms. The zero-order valence-corrected chi connectivity index (χ0v) is 12.5. The molecule has 0 aliphatic heterocycles. The van der Waals surface area contributed by atoms with Crippen molar-refractivity contribution in [3.8, 4) is 17.1 Å². The predicted molar refractivity (Wildman–Crippen MR) is 79.7 cm³/mol. The van der Waals surface area contributed by atoms with E-state index in [4.69, 9.17) is 9.15 Å². The van der Waals surface area contributed by atoms with Gasteiger partial charge < -0.3 is 14.5 Å². The second-order valence-corrected chi connectivity index (χ2v) is 5.35. The van der Waals surface area contributed by atoms with Crippen LogP contribution in [0.1, 0.15) is 33.6 Å². The van der Waals surface area contributed by atoms with Gasteiger partial charge in [0.1, 0.15) is 5.75 Å². The Labute approximate surface area is 120 Å². The predicted octanol–water partition coefficient (Wildman–Crippen LogP) is 3.63. The Morgan fingerprint density at radius 3 is 2.75 bits per heavy atom. The van der Waals surface area contributed by atoms with Gasteiger partial charge in [0.15, 0.2) is 5.76 Å². The summed E-state index contributed by atoms with van der Waals surface area (Å²) < 4.78 is 11.4. The molecule has 0 fully saturated rings. The molecule has 0 aliphatic carbocycles. The van der Waals surface area contributed by atoms with Crippen molar-refractivity contribution in [1.29, 1.82) is 0 Å². The van der Waals surface area contributed by atoms with Crippen LogP contribution < -0.4 is 10.1 Å². The topological polar surface area (TPSA) is 47.3 Å². The van der Waals surface area contributed by atoms with Crippen molar-refractivity contribution in [2.24, 2.45) is 0 Å². The van der Waals surface area contributed by atoms with Gasteiger partial charge in [0.2, 0.25) is 5.89 Å². The third kappa shape index (κ3) is 4.10. The van der Waals surface area contributed by atoms with Gasteiger partial charge in [-0.05, 0) is 26.0 Å². The van der Waals surface area contributed by atoms with Crippen molar-refractivity contribution in [2.75, 3.05) is 0 Å². The molecular weight excluding hydrogens is 252 g/mol. The minimum atomic E-state index is 0.158. The van der Waals surface area contributed by atoms with Crippen molar-refractivity contribution < 1.29 is 9.15 Å². The quantitative estimate of drug-likeness (QED) is 0.874. The molecule has 108 valence electrons. The molecule has 0 saturated carbocycles. The molecule has 0 amide bonds. The average molecular weight is 274 g/mol. The number of nitrogens with zero attached hydrogens (tertiary/aromatic N) is 1. The second kappa shape index (κ2) is 6.57. The van der Waals surface area contributed by atoms with Crippen molar-refractivity contribution in [3.63, 3.8) is 0 Å². The monoisotopic (exact) mass is 274 g/mol. The fourth-order valence-corrected chi connectivity index (χ4v) is 1.81. The fraction of sp³-hybridized carbons (Fsp3) is 0.438. The van der Waals surface area contributed by atoms with Gasteiger partial charge in [-0.1, -0.05) is 26.0 Å². The zero-order chi connectivity index (χ0) is 14.5. The maximum Gasteiger partial charge on any atom is 0.208 e. The highest BCUT2D eigenvalue weighted by atomic mass is 16.5. The Morgan fingerprint density at radius 1 is 1.25 bits per heavy atom. The standard InChI is InChI=1S/C16H22N2O2/c1-11(2)17-10-16-18-9-15(20-16)13-6-5-7-14(8-13)19-12(3)4/h5-9,11-12,17H,10H2,1-4H3. The first-order valence-electron chi connectivity index (χ1n) is 7.00. The Balaban J connectivity index is 2.11. The van der Waals surface area contributed by atoms with Gasteiger partial charge in [-0.2, -0.15) is 0 Å². The van der Waals surface area contributed by atoms with E-state index in [0.717, 1.165) is 17.1 Å². The van der Waals surface area contributed by atoms with Crippen LogP contribution in [0.15, 0.2) is 34.9 Å². The number of nitrogens with one attached hydrogen (secondary N) is 1. The maximum atomic E-state index is 5.75. The second-order valence-electron chi connectivity index (χ2n) is 5.35. The molecule has 1 heterocycles. The molecule has 20 heavy (non-hydrogen) atoms. The van der Waals surface area contributed by atoms with E-state index < -0.39 is 0 Å². The van der Waals surface area contributed by atoms with Gasteiger partial charge in [0.25, 0.3) is 0 Å². The van der Waals surface area contributed by atoms with Gasteiger partial charge in [-0.25, -0.2) is 4.98 Å². The van der Waals surface area contributed by atoms with E-state index >= 15 is 0 Å². The van der Waals surface area contributed by atoms with Crippen molar-refractivity contribution in [2.45, 2.75) is 46.4 Å². The number of ether oxygens (including phenoxy) is 1. The fourth-order valence-electron chi connectivity index (χ4n) is 1.81. The van der Waals surface area contributed by atoms with E-state index in [9.17, 15) is 0 Å². The summed E-state index contributed by atoms with van der Waals surface area (Å²) in [4.78, 5) is 4.29. The lowest BCUT2D eigenvalue weighted by molar-refractivity contribution is 0.242. The first-order valence-corrected chi connectivity index (χ1v) is 7.00. The van der Waals surface area contributed by atoms with E-state index in [1.165, 1.54) is 0 Å². The van der Waals surface area contributed by atoms with E-state index in [-0.39, 0.29) is 6.10 Å². The lowest BCUT2D eigenvalue weighted by atomic mass is 10.2. The highest BCUT2D eigenvalue weighted by Gasteiger charge is 2.08. The first kappa shape index (κ1) is 14.6. The number of rotatable bonds is 6. The summed E-state index contributed by atoms with van der Waals surface area (Å²) in [5.74, 6) is 2.30. The van der Waals surface area contributed by atoms with Crippen molar-refractivity contribution in [3.05, 3.63) is 36.4 Å². The Bertz CT molecular complexity index is 547. The summed E-state index contributed by atoms with van der Waals surface area (Å²) in [7, 11) is 0. The summed E-state index contributed by atoms with van der Waals surface area (Å²) in [5.41, 5.74) is 0.978. The number of oxazole rings is 1. The minimum absolute atomic E-state index is 0.158. The molecule has 0 atom stereocenters. The van der Waals surface area contributed by atoms with Gasteiger partial charge >= 0.3 is 0 Å². The lowest BCUT2D eigenvalue weighted by Gasteiger charge is -2.10. The van der Waals surface area contributed by atoms with Crippen LogP contribution in [0.2, 0.25) is 0 Å². The molecule has 1 aromatic carbocycles. The first-order chi connectivity index (χ1) is 9.54. The summed E-state index contributed by atoms with van der Waals surface area (Å²) in [5, 5.41) is 3.28. The Kier molecular flexibility index (Phi) is 4.79. The minimum Gasteiger partial charge on any atom is -0.491 e. The van der Waals surface area contributed by atoms with E-state index in [1.807, 2.05) is 38.1 Å². The largest absolute Gasteiger partial charge is 0.491 e. The van der Waals surface area contributed by atoms with Crippen LogP contribution in [-0.4, -0.2) is 17.1 Å². The molecule has 0 saturated heterocycles. The van der Waals surface area contributed by atoms with E-state index in [1.54, 1.807) is 6.20 Å². The SMILES string of the molecule is CC(C)NCc1ncc(-c2cccc(OC(C)C)c2)o1. The van der Waals surface area contributed by atoms with Gasteiger partial charge in [0.05, 0.1) is 18.8 Å². The van der Waals surface area contributed by atoms with Crippen molar-refractivity contribution >= 4 is 0 Å². The number of aromatic nitrogens is 1. The van der Waals surface area contributed by atoms with Crippen LogP contribution in [0, 0.1) is 0 Å². The van der Waals surface area contributed by atoms with Gasteiger partial charge in [-0.3, -0.25) is 0 Å². The third-order valence-electron chi connectivity index (χ3n) is 2.71. The maximum absolute atomic E-state index is 5.75. The summed E-state index contributed by atoms with van der Waals surface area (Å²) >= 11 is 0. The average Bonchev–Trinajstić information content (AvgIpc) is 2.84. The lowest BCUT2D eigenvalue weighted by Crippen LogP contribution is -2.21. The summed E-state index contributed by atoms with van der Waals surface area (Å²) in [6, 6.07) is 8.28. The molecule has 0 bridgehead atoms. The van der Waals surface area contributed by atoms with Gasteiger partial charge in [0, 0.05) is 11.6 Å². The molecule has 1 N–H and O–H groups in total. The van der Waals surface area contributed by atoms with Crippen LogP contribution in [-0.2, 0) is 6.54 Å². The highest BCUT2D eigenvalue weighted by molar-refractivity contribution is 5.58. The number of hydrogen-bond acceptors (Lipinski definition) is 4. The molecular formula is C16H22N2O2. The molecule has 2 aromatic rings. The third-order valence-corrected chi connectivity index (χ3v) is 2.71. The number of benzene rings is 1. The van der Waals surface area contributed by atoms with E-state index in [0.29, 0.717) is 18.5 Å². The molecule has 1 aromatic heterocycles. The molecule has 4 nitrogen and oxygen atoms in total. The van der Waals surface area contributed by atoms with Crippen LogP contribution in [0.25, 0.3) is 11.3 Å². The van der Waals surface area contributed by atoms with Crippen LogP contribution in [0.5, 0.6) is 5.75 Å². The molecule has 0 unspecified atom stereocenters. The van der Waals surface area contributed by atoms with Crippen LogP contribution in [0.3, 0.4) is 0 Å². The van der Waals surface area contributed by atoms with Crippen molar-refractivity contribution in [1.82, 2.24) is 10.3 Å². The zero-order valence-electron chi connectivity index (χ0n) is 12.5. The normalized spacial score (nSPS) is 11.3. The molecule has 4 heteroatoms. The van der Waals surface area contributed by atoms with Gasteiger partial charge in [-0.15, -0.1) is 0 Å². The molecule has 0 aliphatic rings. The Morgan fingerprint density at radius 2 is 2.05 bits per heavy atom. The highest BCUT2D eigenvalue weighted by Crippen LogP contribution is 2.25. The number of hydrogen-bond donors (Lipinski definition) is 1. The van der Waals surface area contributed by atoms with Crippen LogP contribution >= 0.6 is 0 Å². The molecule has 2 rings (SSSR count). The smallest absolute Gasteiger partial charge is 0.208 e. The Hall–Kier alpha value is -1.81. The summed E-state index contributed by atoms with van der Waals surface area (Å²) in [6.07, 6.45) is 1.91. The molecule has 0 radical (unpaired) electrons. The van der Waals surface area contributed by atoms with Crippen LogP contribution in [0.4, 0.5) is 0 Å².